The van der Waals surface area contributed by atoms with Gasteiger partial charge in [-0.15, -0.1) is 0 Å². The summed E-state index contributed by atoms with van der Waals surface area (Å²) in [6, 6.07) is 0. The molecule has 0 unspecified atom stereocenters. The second kappa shape index (κ2) is 6.82. The van der Waals surface area contributed by atoms with Gasteiger partial charge >= 0.3 is 0 Å². The van der Waals surface area contributed by atoms with Crippen molar-refractivity contribution in [1.82, 2.24) is 15.0 Å². The lowest BCUT2D eigenvalue weighted by Gasteiger charge is -2.18. The maximum atomic E-state index is 9.00. The quantitative estimate of drug-likeness (QED) is 0.779. The van der Waals surface area contributed by atoms with Gasteiger partial charge in [0, 0.05) is 25.6 Å². The van der Waals surface area contributed by atoms with Gasteiger partial charge in [-0.1, -0.05) is 25.9 Å². The molecule has 0 aliphatic carbocycles. The fourth-order valence-electron chi connectivity index (χ4n) is 1.45. The Morgan fingerprint density at radius 3 is 2.56 bits per heavy atom. The zero-order chi connectivity index (χ0) is 13.6. The molecule has 0 bridgehead atoms. The van der Waals surface area contributed by atoms with E-state index in [1.165, 1.54) is 0 Å². The number of ether oxygens (including phenoxy) is 1. The molecule has 0 saturated carbocycles. The molecular formula is C12H23N3O3. The molecule has 0 aliphatic heterocycles. The van der Waals surface area contributed by atoms with Crippen molar-refractivity contribution in [3.05, 3.63) is 11.7 Å². The van der Waals surface area contributed by atoms with E-state index < -0.39 is 0 Å². The van der Waals surface area contributed by atoms with Crippen LogP contribution in [0.2, 0.25) is 0 Å². The number of hydrogen-bond donors (Lipinski definition) is 1. The van der Waals surface area contributed by atoms with Gasteiger partial charge in [0.05, 0.1) is 19.8 Å². The highest BCUT2D eigenvalue weighted by Crippen LogP contribution is 2.18. The molecule has 6 nitrogen and oxygen atoms in total. The predicted octanol–water partition coefficient (Wildman–Crippen LogP) is 0.808. The molecule has 0 aromatic carbocycles. The normalized spacial score (nSPS) is 12.3. The van der Waals surface area contributed by atoms with E-state index >= 15 is 0 Å². The first kappa shape index (κ1) is 15.1. The van der Waals surface area contributed by atoms with Crippen LogP contribution >= 0.6 is 0 Å². The zero-order valence-corrected chi connectivity index (χ0v) is 11.6. The third-order valence-electron chi connectivity index (χ3n) is 2.53. The first-order valence-electron chi connectivity index (χ1n) is 6.12. The maximum Gasteiger partial charge on any atom is 0.240 e. The number of methoxy groups -OCH3 is 1. The predicted molar refractivity (Wildman–Crippen MR) is 67.2 cm³/mol. The van der Waals surface area contributed by atoms with Crippen molar-refractivity contribution in [2.45, 2.75) is 32.7 Å². The molecule has 0 spiro atoms. The Kier molecular flexibility index (Phi) is 5.71. The Balaban J connectivity index is 2.60. The van der Waals surface area contributed by atoms with E-state index in [4.69, 9.17) is 14.4 Å². The summed E-state index contributed by atoms with van der Waals surface area (Å²) in [5.41, 5.74) is -0.115. The number of aliphatic hydroxyl groups excluding tert-OH is 1. The van der Waals surface area contributed by atoms with Gasteiger partial charge in [-0.25, -0.2) is 0 Å². The minimum absolute atomic E-state index is 0.101. The van der Waals surface area contributed by atoms with Crippen LogP contribution in [-0.4, -0.2) is 53.6 Å². The van der Waals surface area contributed by atoms with Crippen molar-refractivity contribution in [3.63, 3.8) is 0 Å². The second-order valence-corrected chi connectivity index (χ2v) is 5.25. The van der Waals surface area contributed by atoms with E-state index in [0.717, 1.165) is 6.54 Å². The van der Waals surface area contributed by atoms with Crippen LogP contribution < -0.4 is 0 Å². The van der Waals surface area contributed by atoms with Crippen LogP contribution in [0.1, 0.15) is 32.5 Å². The lowest BCUT2D eigenvalue weighted by molar-refractivity contribution is 0.118. The molecule has 1 aromatic heterocycles. The minimum atomic E-state index is -0.115. The molecule has 0 amide bonds. The van der Waals surface area contributed by atoms with Gasteiger partial charge in [0.25, 0.3) is 0 Å². The monoisotopic (exact) mass is 257 g/mol. The summed E-state index contributed by atoms with van der Waals surface area (Å²) >= 11 is 0. The molecule has 104 valence electrons. The minimum Gasteiger partial charge on any atom is -0.395 e. The Morgan fingerprint density at radius 1 is 1.33 bits per heavy atom. The summed E-state index contributed by atoms with van der Waals surface area (Å²) in [6.07, 6.45) is 0. The van der Waals surface area contributed by atoms with Gasteiger partial charge in [0.15, 0.2) is 5.82 Å². The van der Waals surface area contributed by atoms with Gasteiger partial charge in [-0.3, -0.25) is 4.90 Å². The van der Waals surface area contributed by atoms with E-state index in [2.05, 4.69) is 10.1 Å². The van der Waals surface area contributed by atoms with Crippen molar-refractivity contribution in [3.8, 4) is 0 Å². The Labute approximate surface area is 108 Å². The third-order valence-corrected chi connectivity index (χ3v) is 2.53. The van der Waals surface area contributed by atoms with E-state index in [0.29, 0.717) is 31.4 Å². The fraction of sp³-hybridized carbons (Fsp3) is 0.833. The van der Waals surface area contributed by atoms with Crippen LogP contribution in [0.3, 0.4) is 0 Å². The first-order chi connectivity index (χ1) is 8.47. The Morgan fingerprint density at radius 2 is 2.06 bits per heavy atom. The van der Waals surface area contributed by atoms with Crippen LogP contribution in [0.15, 0.2) is 4.52 Å². The smallest absolute Gasteiger partial charge is 0.240 e. The Bertz CT molecular complexity index is 347. The molecule has 0 fully saturated rings. The highest BCUT2D eigenvalue weighted by atomic mass is 16.5. The average Bonchev–Trinajstić information content (AvgIpc) is 2.74. The molecular weight excluding hydrogens is 234 g/mol. The van der Waals surface area contributed by atoms with Crippen molar-refractivity contribution in [1.29, 1.82) is 0 Å². The summed E-state index contributed by atoms with van der Waals surface area (Å²) in [5, 5.41) is 13.0. The van der Waals surface area contributed by atoms with Crippen molar-refractivity contribution in [2.75, 3.05) is 33.4 Å². The zero-order valence-electron chi connectivity index (χ0n) is 11.6. The summed E-state index contributed by atoms with van der Waals surface area (Å²) in [4.78, 5) is 6.39. The van der Waals surface area contributed by atoms with Crippen molar-refractivity contribution >= 4 is 0 Å². The van der Waals surface area contributed by atoms with Crippen molar-refractivity contribution in [2.24, 2.45) is 0 Å². The third kappa shape index (κ3) is 4.72. The van der Waals surface area contributed by atoms with Gasteiger partial charge < -0.3 is 14.4 Å². The maximum absolute atomic E-state index is 9.00. The standard InChI is InChI=1S/C12H23N3O3/c1-12(2,3)11-13-10(18-14-11)9-15(5-7-16)6-8-17-4/h16H,5-9H2,1-4H3. The first-order valence-corrected chi connectivity index (χ1v) is 6.12. The molecule has 0 radical (unpaired) electrons. The van der Waals surface area contributed by atoms with E-state index in [9.17, 15) is 0 Å². The number of aromatic nitrogens is 2. The Hall–Kier alpha value is -0.980. The van der Waals surface area contributed by atoms with E-state index in [1.54, 1.807) is 7.11 Å². The topological polar surface area (TPSA) is 71.6 Å². The summed E-state index contributed by atoms with van der Waals surface area (Å²) in [7, 11) is 1.65. The number of aliphatic hydroxyl groups is 1. The highest BCUT2D eigenvalue weighted by Gasteiger charge is 2.21. The van der Waals surface area contributed by atoms with Crippen LogP contribution in [0.4, 0.5) is 0 Å². The van der Waals surface area contributed by atoms with Gasteiger partial charge in [0.1, 0.15) is 0 Å². The van der Waals surface area contributed by atoms with Crippen molar-refractivity contribution < 1.29 is 14.4 Å². The molecule has 0 saturated heterocycles. The van der Waals surface area contributed by atoms with Crippen LogP contribution in [0, 0.1) is 0 Å². The van der Waals surface area contributed by atoms with E-state index in [1.807, 2.05) is 25.7 Å². The molecule has 18 heavy (non-hydrogen) atoms. The van der Waals surface area contributed by atoms with Gasteiger partial charge in [-0.05, 0) is 0 Å². The van der Waals surface area contributed by atoms with Gasteiger partial charge in [0.2, 0.25) is 5.89 Å². The SMILES string of the molecule is COCCN(CCO)Cc1nc(C(C)(C)C)no1. The van der Waals surface area contributed by atoms with Gasteiger partial charge in [-0.2, -0.15) is 4.98 Å². The molecule has 6 heteroatoms. The van der Waals surface area contributed by atoms with Crippen LogP contribution in [-0.2, 0) is 16.7 Å². The second-order valence-electron chi connectivity index (χ2n) is 5.25. The van der Waals surface area contributed by atoms with Crippen LogP contribution in [0.25, 0.3) is 0 Å². The lowest BCUT2D eigenvalue weighted by Crippen LogP contribution is -2.30. The highest BCUT2D eigenvalue weighted by molar-refractivity contribution is 4.99. The average molecular weight is 257 g/mol. The molecule has 1 N–H and O–H groups in total. The summed E-state index contributed by atoms with van der Waals surface area (Å²) < 4.78 is 10.2. The number of nitrogens with zero attached hydrogens (tertiary/aromatic N) is 3. The molecule has 0 aliphatic rings. The summed E-state index contributed by atoms with van der Waals surface area (Å²) in [6.45, 7) is 8.66. The molecule has 0 atom stereocenters. The molecule has 1 rings (SSSR count). The van der Waals surface area contributed by atoms with Crippen LogP contribution in [0.5, 0.6) is 0 Å². The molecule has 1 aromatic rings. The number of rotatable bonds is 7. The fourth-order valence-corrected chi connectivity index (χ4v) is 1.45. The lowest BCUT2D eigenvalue weighted by atomic mass is 9.96. The number of hydrogen-bond acceptors (Lipinski definition) is 6. The largest absolute Gasteiger partial charge is 0.395 e. The summed E-state index contributed by atoms with van der Waals surface area (Å²) in [5.74, 6) is 1.28. The van der Waals surface area contributed by atoms with E-state index in [-0.39, 0.29) is 12.0 Å². The molecule has 1 heterocycles.